The molecule has 1 atom stereocenters. The summed E-state index contributed by atoms with van der Waals surface area (Å²) in [5.41, 5.74) is 0. The van der Waals surface area contributed by atoms with Crippen LogP contribution >= 0.6 is 10.5 Å². The third-order valence-electron chi connectivity index (χ3n) is 1.65. The molecule has 68 valence electrons. The molecule has 0 aromatic carbocycles. The Morgan fingerprint density at radius 2 is 1.83 bits per heavy atom. The molecule has 0 radical (unpaired) electrons. The first-order chi connectivity index (χ1) is 5.34. The first-order valence-electron chi connectivity index (χ1n) is 3.71. The molecule has 0 aromatic heterocycles. The van der Waals surface area contributed by atoms with Crippen molar-refractivity contribution in [2.45, 2.75) is 19.6 Å². The van der Waals surface area contributed by atoms with Gasteiger partial charge in [0.2, 0.25) is 0 Å². The van der Waals surface area contributed by atoms with Gasteiger partial charge in [-0.1, -0.05) is 25.5 Å². The summed E-state index contributed by atoms with van der Waals surface area (Å²) in [6, 6.07) is 0. The fourth-order valence-electron chi connectivity index (χ4n) is 1.24. The van der Waals surface area contributed by atoms with Crippen LogP contribution in [0.4, 0.5) is 0 Å². The van der Waals surface area contributed by atoms with Crippen LogP contribution in [0.3, 0.4) is 0 Å². The highest BCUT2D eigenvalue weighted by molar-refractivity contribution is 8.21. The van der Waals surface area contributed by atoms with Gasteiger partial charge in [0, 0.05) is 9.94 Å². The number of hydrogen-bond acceptors (Lipinski definition) is 2. The van der Waals surface area contributed by atoms with Gasteiger partial charge in [0.25, 0.3) is 0 Å². The molecule has 2 N–H and O–H groups in total. The Bertz CT molecular complexity index is 297. The van der Waals surface area contributed by atoms with Crippen LogP contribution in [0.2, 0.25) is 19.6 Å². The molecular weight excluding hydrogens is 188 g/mol. The van der Waals surface area contributed by atoms with Crippen LogP contribution in [0.1, 0.15) is 0 Å². The van der Waals surface area contributed by atoms with Crippen molar-refractivity contribution in [3.63, 3.8) is 0 Å². The van der Waals surface area contributed by atoms with Crippen LogP contribution < -0.4 is 0 Å². The van der Waals surface area contributed by atoms with Gasteiger partial charge in [-0.15, -0.1) is 10.5 Å². The topological polar surface area (TPSA) is 40.5 Å². The summed E-state index contributed by atoms with van der Waals surface area (Å²) in [4.78, 5) is 0. The maximum absolute atomic E-state index is 9.53. The summed E-state index contributed by atoms with van der Waals surface area (Å²) in [6.45, 7) is 6.41. The van der Waals surface area contributed by atoms with Gasteiger partial charge in [0.1, 0.15) is 0 Å². The van der Waals surface area contributed by atoms with Gasteiger partial charge in [-0.05, 0) is 0 Å². The zero-order valence-electron chi connectivity index (χ0n) is 7.59. The van der Waals surface area contributed by atoms with E-state index in [0.717, 1.165) is 4.53 Å². The molecule has 0 aromatic rings. The second kappa shape index (κ2) is 2.78. The fraction of sp³-hybridized carbons (Fsp3) is 0.375. The minimum atomic E-state index is -1.52. The van der Waals surface area contributed by atoms with Crippen molar-refractivity contribution in [3.8, 4) is 0 Å². The standard InChI is InChI=1S/C8H14O2SSi/c1-11-5-6(9)7(10)8(11)12(2,3)4/h5,9-10H,1H2,2-4H3. The Balaban J connectivity index is 3.18. The van der Waals surface area contributed by atoms with Crippen molar-refractivity contribution in [2.24, 2.45) is 0 Å². The summed E-state index contributed by atoms with van der Waals surface area (Å²) in [6.07, 6.45) is 0. The van der Waals surface area contributed by atoms with Gasteiger partial charge in [-0.3, -0.25) is 0 Å². The average Bonchev–Trinajstić information content (AvgIpc) is 2.05. The van der Waals surface area contributed by atoms with Crippen LogP contribution in [-0.2, 0) is 0 Å². The molecule has 0 saturated carbocycles. The van der Waals surface area contributed by atoms with Gasteiger partial charge in [-0.25, -0.2) is 0 Å². The third kappa shape index (κ3) is 1.49. The van der Waals surface area contributed by atoms with Crippen LogP contribution in [0.25, 0.3) is 0 Å². The number of aliphatic hydroxyl groups is 2. The molecule has 0 bridgehead atoms. The van der Waals surface area contributed by atoms with E-state index in [1.165, 1.54) is 0 Å². The zero-order chi connectivity index (χ0) is 9.52. The molecule has 0 aliphatic carbocycles. The number of hydrogen-bond donors (Lipinski definition) is 2. The maximum Gasteiger partial charge on any atom is 0.164 e. The largest absolute Gasteiger partial charge is 0.504 e. The summed E-state index contributed by atoms with van der Waals surface area (Å²) in [7, 11) is -1.84. The van der Waals surface area contributed by atoms with Crippen LogP contribution in [-0.4, -0.2) is 24.2 Å². The Morgan fingerprint density at radius 3 is 2.00 bits per heavy atom. The molecule has 0 amide bonds. The Morgan fingerprint density at radius 1 is 1.33 bits per heavy atom. The van der Waals surface area contributed by atoms with Gasteiger partial charge in [0.05, 0.1) is 8.07 Å². The summed E-state index contributed by atoms with van der Waals surface area (Å²) >= 11 is 0. The van der Waals surface area contributed by atoms with E-state index < -0.39 is 8.07 Å². The van der Waals surface area contributed by atoms with E-state index in [0.29, 0.717) is 0 Å². The molecule has 0 fully saturated rings. The summed E-state index contributed by atoms with van der Waals surface area (Å²) < 4.78 is 0.972. The van der Waals surface area contributed by atoms with Gasteiger partial charge >= 0.3 is 0 Å². The monoisotopic (exact) mass is 202 g/mol. The van der Waals surface area contributed by atoms with E-state index in [2.05, 4.69) is 25.5 Å². The quantitative estimate of drug-likeness (QED) is 0.507. The lowest BCUT2D eigenvalue weighted by molar-refractivity contribution is 0.329. The maximum atomic E-state index is 9.53. The van der Waals surface area contributed by atoms with Crippen molar-refractivity contribution in [1.29, 1.82) is 0 Å². The lowest BCUT2D eigenvalue weighted by atomic mass is 10.5. The predicted molar refractivity (Wildman–Crippen MR) is 58.4 cm³/mol. The molecule has 4 heteroatoms. The third-order valence-corrected chi connectivity index (χ3v) is 7.10. The summed E-state index contributed by atoms with van der Waals surface area (Å²) in [5.74, 6) is 3.98. The number of rotatable bonds is 1. The van der Waals surface area contributed by atoms with Crippen LogP contribution in [0, 0.1) is 0 Å². The van der Waals surface area contributed by atoms with E-state index in [-0.39, 0.29) is 22.0 Å². The molecule has 1 rings (SSSR count). The van der Waals surface area contributed by atoms with E-state index in [4.69, 9.17) is 0 Å². The van der Waals surface area contributed by atoms with E-state index in [9.17, 15) is 10.2 Å². The van der Waals surface area contributed by atoms with Crippen molar-refractivity contribution >= 4 is 24.4 Å². The minimum absolute atomic E-state index is 0.00533. The van der Waals surface area contributed by atoms with Gasteiger partial charge < -0.3 is 10.2 Å². The van der Waals surface area contributed by atoms with Crippen molar-refractivity contribution in [1.82, 2.24) is 0 Å². The molecule has 0 spiro atoms. The predicted octanol–water partition coefficient (Wildman–Crippen LogP) is 2.75. The molecule has 1 aliphatic heterocycles. The van der Waals surface area contributed by atoms with E-state index >= 15 is 0 Å². The Hall–Kier alpha value is -0.483. The molecule has 12 heavy (non-hydrogen) atoms. The SMILES string of the molecule is C=S1C=C(O)C(O)=C1[Si](C)(C)C. The van der Waals surface area contributed by atoms with Crippen molar-refractivity contribution < 1.29 is 10.2 Å². The molecule has 0 saturated heterocycles. The first-order valence-corrected chi connectivity index (χ1v) is 8.67. The smallest absolute Gasteiger partial charge is 0.164 e. The molecule has 1 heterocycles. The Kier molecular flexibility index (Phi) is 2.22. The van der Waals surface area contributed by atoms with E-state index in [1.54, 1.807) is 5.41 Å². The molecular formula is C8H14O2SSi. The van der Waals surface area contributed by atoms with E-state index in [1.807, 2.05) is 0 Å². The fourth-order valence-corrected chi connectivity index (χ4v) is 6.25. The number of aliphatic hydroxyl groups excluding tert-OH is 2. The molecule has 1 aliphatic rings. The summed E-state index contributed by atoms with van der Waals surface area (Å²) in [5, 5.41) is 20.4. The van der Waals surface area contributed by atoms with Crippen LogP contribution in [0.5, 0.6) is 0 Å². The second-order valence-corrected chi connectivity index (χ2v) is 10.7. The lowest BCUT2D eigenvalue weighted by Crippen LogP contribution is -2.23. The molecule has 2 nitrogen and oxygen atoms in total. The zero-order valence-corrected chi connectivity index (χ0v) is 9.40. The van der Waals surface area contributed by atoms with Gasteiger partial charge in [0.15, 0.2) is 11.5 Å². The normalized spacial score (nSPS) is 24.6. The van der Waals surface area contributed by atoms with Crippen LogP contribution in [0.15, 0.2) is 21.5 Å². The highest BCUT2D eigenvalue weighted by Gasteiger charge is 2.30. The highest BCUT2D eigenvalue weighted by Crippen LogP contribution is 2.42. The first kappa shape index (κ1) is 9.60. The molecule has 1 unspecified atom stereocenters. The van der Waals surface area contributed by atoms with Crippen molar-refractivity contribution in [3.05, 3.63) is 21.5 Å². The Labute approximate surface area is 76.2 Å². The second-order valence-electron chi connectivity index (χ2n) is 3.86. The van der Waals surface area contributed by atoms with Gasteiger partial charge in [-0.2, -0.15) is 0 Å². The average molecular weight is 202 g/mol. The lowest BCUT2D eigenvalue weighted by Gasteiger charge is -2.19. The highest BCUT2D eigenvalue weighted by atomic mass is 32.2. The minimum Gasteiger partial charge on any atom is -0.504 e. The van der Waals surface area contributed by atoms with Crippen molar-refractivity contribution in [2.75, 3.05) is 0 Å².